The fourth-order valence-corrected chi connectivity index (χ4v) is 0.617. The summed E-state index contributed by atoms with van der Waals surface area (Å²) in [5.74, 6) is -0.139. The molecule has 4 nitrogen and oxygen atoms in total. The van der Waals surface area contributed by atoms with Crippen molar-refractivity contribution in [1.82, 2.24) is 4.72 Å². The molecule has 0 aromatic carbocycles. The van der Waals surface area contributed by atoms with Gasteiger partial charge in [0.1, 0.15) is 5.40 Å². The molecule has 0 rings (SSSR count). The van der Waals surface area contributed by atoms with Crippen LogP contribution in [0.25, 0.3) is 0 Å². The number of nitrogens with zero attached hydrogens (tertiary/aromatic N) is 1. The molecular formula is C3H8N4S. The minimum atomic E-state index is -0.912. The second-order valence-corrected chi connectivity index (χ2v) is 2.73. The Labute approximate surface area is 50.7 Å². The summed E-state index contributed by atoms with van der Waals surface area (Å²) in [5, 5.41) is 16.7. The zero-order chi connectivity index (χ0) is 6.57. The van der Waals surface area contributed by atoms with Crippen LogP contribution in [0.3, 0.4) is 0 Å². The number of nitriles is 1. The number of thiocyanates is 1. The predicted octanol–water partition coefficient (Wildman–Crippen LogP) is -0.503. The second kappa shape index (κ2) is 3.16. The summed E-state index contributed by atoms with van der Waals surface area (Å²) in [6, 6.07) is 0. The van der Waals surface area contributed by atoms with E-state index >= 15 is 0 Å². The van der Waals surface area contributed by atoms with Gasteiger partial charge < -0.3 is 10.5 Å². The van der Waals surface area contributed by atoms with Crippen molar-refractivity contribution in [2.45, 2.75) is 0 Å². The summed E-state index contributed by atoms with van der Waals surface area (Å²) >= 11 is -0.912. The molecule has 0 heterocycles. The highest BCUT2D eigenvalue weighted by Gasteiger charge is 1.89. The van der Waals surface area contributed by atoms with Crippen LogP contribution in [0.1, 0.15) is 0 Å². The number of hydrogen-bond acceptors (Lipinski definition) is 2. The topological polar surface area (TPSA) is 85.7 Å². The van der Waals surface area contributed by atoms with Crippen LogP contribution in [0, 0.1) is 16.1 Å². The highest BCUT2D eigenvalue weighted by atomic mass is 32.2. The van der Waals surface area contributed by atoms with Crippen LogP contribution in [0.4, 0.5) is 0 Å². The molecule has 0 aromatic rings. The van der Waals surface area contributed by atoms with Crippen molar-refractivity contribution in [1.29, 1.82) is 10.7 Å². The molecular weight excluding hydrogens is 124 g/mol. The monoisotopic (exact) mass is 132 g/mol. The maximum absolute atomic E-state index is 8.15. The van der Waals surface area contributed by atoms with E-state index in [1.54, 1.807) is 6.26 Å². The lowest BCUT2D eigenvalue weighted by Crippen LogP contribution is -2.26. The van der Waals surface area contributed by atoms with Gasteiger partial charge >= 0.3 is 0 Å². The fourth-order valence-electron chi connectivity index (χ4n) is 0.206. The molecule has 0 aliphatic heterocycles. The van der Waals surface area contributed by atoms with Crippen molar-refractivity contribution >= 4 is 17.0 Å². The van der Waals surface area contributed by atoms with Crippen LogP contribution in [-0.2, 0) is 0 Å². The van der Waals surface area contributed by atoms with Gasteiger partial charge in [0.05, 0.1) is 0 Å². The second-order valence-electron chi connectivity index (χ2n) is 1.18. The normalized spacial score (nSPS) is 13.8. The van der Waals surface area contributed by atoms with Crippen molar-refractivity contribution in [2.24, 2.45) is 5.73 Å². The van der Waals surface area contributed by atoms with Crippen LogP contribution in [0.15, 0.2) is 0 Å². The molecule has 4 N–H and O–H groups in total. The third-order valence-corrected chi connectivity index (χ3v) is 1.31. The summed E-state index contributed by atoms with van der Waals surface area (Å²) in [6.07, 6.45) is 1.69. The molecule has 46 valence electrons. The molecule has 0 spiro atoms. The van der Waals surface area contributed by atoms with E-state index in [2.05, 4.69) is 4.72 Å². The zero-order valence-corrected chi connectivity index (χ0v) is 5.37. The van der Waals surface area contributed by atoms with Gasteiger partial charge in [-0.25, -0.2) is 0 Å². The van der Waals surface area contributed by atoms with Gasteiger partial charge in [-0.15, -0.1) is 0 Å². The maximum Gasteiger partial charge on any atom is 0.195 e. The van der Waals surface area contributed by atoms with Crippen molar-refractivity contribution in [3.8, 4) is 5.40 Å². The molecule has 5 heteroatoms. The smallest absolute Gasteiger partial charge is 0.195 e. The Morgan fingerprint density at radius 2 is 2.50 bits per heavy atom. The van der Waals surface area contributed by atoms with E-state index in [9.17, 15) is 0 Å². The fraction of sp³-hybridized carbons (Fsp3) is 0.333. The molecule has 0 saturated carbocycles. The molecule has 0 aliphatic rings. The molecule has 0 saturated heterocycles. The van der Waals surface area contributed by atoms with E-state index < -0.39 is 11.1 Å². The van der Waals surface area contributed by atoms with Crippen molar-refractivity contribution in [2.75, 3.05) is 6.26 Å². The molecule has 0 radical (unpaired) electrons. The van der Waals surface area contributed by atoms with Gasteiger partial charge in [0, 0.05) is 0 Å². The predicted molar refractivity (Wildman–Crippen MR) is 35.6 cm³/mol. The number of nitrogens with two attached hydrogens (primary N) is 1. The molecule has 0 aromatic heterocycles. The Kier molecular flexibility index (Phi) is 2.80. The maximum atomic E-state index is 8.15. The van der Waals surface area contributed by atoms with Gasteiger partial charge in [0.15, 0.2) is 5.96 Å². The Bertz CT molecular complexity index is 126. The number of rotatable bonds is 1. The van der Waals surface area contributed by atoms with Crippen molar-refractivity contribution in [3.05, 3.63) is 0 Å². The van der Waals surface area contributed by atoms with Crippen molar-refractivity contribution < 1.29 is 0 Å². The van der Waals surface area contributed by atoms with Gasteiger partial charge in [0.25, 0.3) is 0 Å². The summed E-state index contributed by atoms with van der Waals surface area (Å²) in [4.78, 5) is 0. The first-order valence-corrected chi connectivity index (χ1v) is 3.70. The number of guanidine groups is 1. The number of hydrogen-bond donors (Lipinski definition) is 4. The third-order valence-electron chi connectivity index (χ3n) is 0.438. The van der Waals surface area contributed by atoms with Crippen LogP contribution in [-0.4, -0.2) is 12.2 Å². The highest BCUT2D eigenvalue weighted by Crippen LogP contribution is 2.07. The molecule has 0 fully saturated rings. The standard InChI is InChI=1S/C3H8N4S/c1-8(2-4)7-3(5)6/h8H,1H3,(H4,5,6,7). The minimum Gasteiger partial charge on any atom is -0.369 e. The van der Waals surface area contributed by atoms with Gasteiger partial charge in [-0.05, 0) is 6.26 Å². The van der Waals surface area contributed by atoms with E-state index in [1.807, 2.05) is 5.40 Å². The Balaban J connectivity index is 3.43. The Hall–Kier alpha value is -0.890. The molecule has 0 amide bonds. The van der Waals surface area contributed by atoms with E-state index in [4.69, 9.17) is 16.4 Å². The highest BCUT2D eigenvalue weighted by molar-refractivity contribution is 8.19. The van der Waals surface area contributed by atoms with Gasteiger partial charge in [-0.1, -0.05) is 11.1 Å². The molecule has 8 heavy (non-hydrogen) atoms. The van der Waals surface area contributed by atoms with E-state index in [1.165, 1.54) is 0 Å². The molecule has 0 bridgehead atoms. The first kappa shape index (κ1) is 7.11. The average Bonchev–Trinajstić information content (AvgIpc) is 1.65. The van der Waals surface area contributed by atoms with Crippen molar-refractivity contribution in [3.63, 3.8) is 0 Å². The van der Waals surface area contributed by atoms with E-state index in [0.29, 0.717) is 0 Å². The van der Waals surface area contributed by atoms with Crippen LogP contribution < -0.4 is 10.5 Å². The third kappa shape index (κ3) is 3.31. The van der Waals surface area contributed by atoms with Gasteiger partial charge in [-0.2, -0.15) is 5.26 Å². The van der Waals surface area contributed by atoms with Crippen LogP contribution >= 0.6 is 11.1 Å². The molecule has 0 aliphatic carbocycles. The summed E-state index contributed by atoms with van der Waals surface area (Å²) in [6.45, 7) is 0. The Morgan fingerprint density at radius 1 is 2.00 bits per heavy atom. The zero-order valence-electron chi connectivity index (χ0n) is 4.47. The number of nitrogens with one attached hydrogen (secondary N) is 2. The lowest BCUT2D eigenvalue weighted by atomic mass is 11.1. The molecule has 1 atom stereocenters. The van der Waals surface area contributed by atoms with Crippen LogP contribution in [0.2, 0.25) is 0 Å². The first-order chi connectivity index (χ1) is 3.66. The quantitative estimate of drug-likeness (QED) is 0.168. The summed E-state index contributed by atoms with van der Waals surface area (Å²) in [7, 11) is 0. The Morgan fingerprint density at radius 3 is 2.62 bits per heavy atom. The van der Waals surface area contributed by atoms with E-state index in [-0.39, 0.29) is 5.96 Å². The van der Waals surface area contributed by atoms with Gasteiger partial charge in [-0.3, -0.25) is 5.41 Å². The largest absolute Gasteiger partial charge is 0.369 e. The minimum absolute atomic E-state index is 0.139. The SMILES string of the molecule is C[SH](C#N)NC(=N)N. The number of thiol groups is 1. The lowest BCUT2D eigenvalue weighted by molar-refractivity contribution is 1.31. The van der Waals surface area contributed by atoms with E-state index in [0.717, 1.165) is 0 Å². The van der Waals surface area contributed by atoms with Crippen LogP contribution in [0.5, 0.6) is 0 Å². The van der Waals surface area contributed by atoms with Gasteiger partial charge in [0.2, 0.25) is 0 Å². The average molecular weight is 132 g/mol. The lowest BCUT2D eigenvalue weighted by Gasteiger charge is -2.06. The summed E-state index contributed by atoms with van der Waals surface area (Å²) in [5.41, 5.74) is 4.91. The first-order valence-electron chi connectivity index (χ1n) is 1.91. The summed E-state index contributed by atoms with van der Waals surface area (Å²) < 4.78 is 2.46. The molecule has 1 unspecified atom stereocenters.